The monoisotopic (exact) mass is 365 g/mol. The summed E-state index contributed by atoms with van der Waals surface area (Å²) >= 11 is 0. The van der Waals surface area contributed by atoms with Crippen molar-refractivity contribution in [3.63, 3.8) is 0 Å². The zero-order chi connectivity index (χ0) is 19.1. The van der Waals surface area contributed by atoms with Gasteiger partial charge in [0.1, 0.15) is 11.5 Å². The normalized spacial score (nSPS) is 10.5. The highest BCUT2D eigenvalue weighted by Gasteiger charge is 2.05. The molecule has 1 aromatic heterocycles. The van der Waals surface area contributed by atoms with Crippen molar-refractivity contribution in [3.8, 4) is 11.5 Å². The molecule has 0 aliphatic carbocycles. The van der Waals surface area contributed by atoms with Gasteiger partial charge >= 0.3 is 0 Å². The number of benzene rings is 2. The van der Waals surface area contributed by atoms with E-state index in [1.807, 2.05) is 62.4 Å². The number of para-hydroxylation sites is 1. The summed E-state index contributed by atoms with van der Waals surface area (Å²) in [5.41, 5.74) is 1.89. The van der Waals surface area contributed by atoms with Crippen molar-refractivity contribution in [1.82, 2.24) is 15.2 Å². The maximum absolute atomic E-state index is 5.64. The molecule has 0 aliphatic rings. The molecule has 0 saturated carbocycles. The number of hydrogen-bond acceptors (Lipinski definition) is 7. The minimum absolute atomic E-state index is 0.141. The molecule has 0 amide bonds. The Bertz CT molecular complexity index is 868. The third kappa shape index (κ3) is 5.31. The molecule has 7 nitrogen and oxygen atoms in total. The first-order valence-electron chi connectivity index (χ1n) is 8.73. The van der Waals surface area contributed by atoms with Gasteiger partial charge in [-0.2, -0.15) is 10.1 Å². The number of aromatic nitrogens is 3. The predicted molar refractivity (Wildman–Crippen MR) is 106 cm³/mol. The second kappa shape index (κ2) is 8.84. The summed E-state index contributed by atoms with van der Waals surface area (Å²) in [5, 5.41) is 14.4. The molecule has 27 heavy (non-hydrogen) atoms. The number of methoxy groups -OCH3 is 1. The Hall–Kier alpha value is -3.35. The molecule has 0 saturated heterocycles. The first-order valence-corrected chi connectivity index (χ1v) is 8.73. The molecular weight excluding hydrogens is 342 g/mol. The van der Waals surface area contributed by atoms with Crippen LogP contribution in [0.5, 0.6) is 11.5 Å². The summed E-state index contributed by atoms with van der Waals surface area (Å²) in [4.78, 5) is 4.44. The molecule has 0 unspecified atom stereocenters. The highest BCUT2D eigenvalue weighted by Crippen LogP contribution is 2.20. The summed E-state index contributed by atoms with van der Waals surface area (Å²) in [6, 6.07) is 15.5. The summed E-state index contributed by atoms with van der Waals surface area (Å²) < 4.78 is 11.0. The van der Waals surface area contributed by atoms with Crippen LogP contribution in [-0.2, 0) is 6.54 Å². The van der Waals surface area contributed by atoms with Crippen molar-refractivity contribution in [2.24, 2.45) is 0 Å². The first-order chi connectivity index (χ1) is 13.1. The first kappa shape index (κ1) is 18.4. The molecule has 7 heteroatoms. The topological polar surface area (TPSA) is 81.2 Å². The van der Waals surface area contributed by atoms with Crippen LogP contribution < -0.4 is 20.1 Å². The van der Waals surface area contributed by atoms with Gasteiger partial charge in [0.2, 0.25) is 5.95 Å². The molecule has 140 valence electrons. The van der Waals surface area contributed by atoms with E-state index in [0.29, 0.717) is 18.3 Å². The molecule has 0 spiro atoms. The number of ether oxygens (including phenoxy) is 2. The average molecular weight is 365 g/mol. The van der Waals surface area contributed by atoms with Gasteiger partial charge in [-0.05, 0) is 44.2 Å². The zero-order valence-electron chi connectivity index (χ0n) is 15.6. The Morgan fingerprint density at radius 2 is 1.81 bits per heavy atom. The Kier molecular flexibility index (Phi) is 6.04. The molecule has 0 fully saturated rings. The van der Waals surface area contributed by atoms with Crippen molar-refractivity contribution in [2.45, 2.75) is 26.5 Å². The minimum atomic E-state index is 0.141. The van der Waals surface area contributed by atoms with Gasteiger partial charge in [-0.3, -0.25) is 0 Å². The van der Waals surface area contributed by atoms with Crippen molar-refractivity contribution < 1.29 is 9.47 Å². The standard InChI is InChI=1S/C20H23N5O2/c1-14(2)27-17-10-8-16(9-11-17)23-20-24-19(13-22-25-20)21-12-15-6-4-5-7-18(15)26-3/h4-11,13-14H,12H2,1-3H3,(H2,21,23,24,25). The van der Waals surface area contributed by atoms with Crippen LogP contribution in [0.15, 0.2) is 54.7 Å². The Morgan fingerprint density at radius 3 is 2.56 bits per heavy atom. The van der Waals surface area contributed by atoms with Crippen LogP contribution >= 0.6 is 0 Å². The van der Waals surface area contributed by atoms with Gasteiger partial charge in [0.05, 0.1) is 19.4 Å². The van der Waals surface area contributed by atoms with E-state index in [-0.39, 0.29) is 6.10 Å². The second-order valence-corrected chi connectivity index (χ2v) is 6.15. The van der Waals surface area contributed by atoms with Gasteiger partial charge in [-0.25, -0.2) is 0 Å². The van der Waals surface area contributed by atoms with Crippen LogP contribution in [0, 0.1) is 0 Å². The second-order valence-electron chi connectivity index (χ2n) is 6.15. The fourth-order valence-corrected chi connectivity index (χ4v) is 2.49. The number of rotatable bonds is 8. The number of anilines is 3. The van der Waals surface area contributed by atoms with E-state index in [4.69, 9.17) is 9.47 Å². The van der Waals surface area contributed by atoms with Gasteiger partial charge in [0, 0.05) is 17.8 Å². The molecule has 2 aromatic carbocycles. The summed E-state index contributed by atoms with van der Waals surface area (Å²) in [7, 11) is 1.66. The van der Waals surface area contributed by atoms with Gasteiger partial charge in [0.25, 0.3) is 0 Å². The van der Waals surface area contributed by atoms with E-state index in [1.54, 1.807) is 13.3 Å². The number of nitrogens with zero attached hydrogens (tertiary/aromatic N) is 3. The van der Waals surface area contributed by atoms with E-state index < -0.39 is 0 Å². The van der Waals surface area contributed by atoms with Crippen molar-refractivity contribution >= 4 is 17.5 Å². The highest BCUT2D eigenvalue weighted by atomic mass is 16.5. The van der Waals surface area contributed by atoms with Gasteiger partial charge in [0.15, 0.2) is 5.82 Å². The van der Waals surface area contributed by atoms with Crippen molar-refractivity contribution in [2.75, 3.05) is 17.7 Å². The van der Waals surface area contributed by atoms with Crippen molar-refractivity contribution in [3.05, 3.63) is 60.3 Å². The lowest BCUT2D eigenvalue weighted by Crippen LogP contribution is -2.07. The number of hydrogen-bond donors (Lipinski definition) is 2. The van der Waals surface area contributed by atoms with Gasteiger partial charge < -0.3 is 20.1 Å². The lowest BCUT2D eigenvalue weighted by atomic mass is 10.2. The number of nitrogens with one attached hydrogen (secondary N) is 2. The maximum Gasteiger partial charge on any atom is 0.249 e. The van der Waals surface area contributed by atoms with E-state index in [1.165, 1.54) is 0 Å². The Morgan fingerprint density at radius 1 is 1.04 bits per heavy atom. The highest BCUT2D eigenvalue weighted by molar-refractivity contribution is 5.55. The van der Waals surface area contributed by atoms with Crippen LogP contribution in [0.3, 0.4) is 0 Å². The SMILES string of the molecule is COc1ccccc1CNc1cnnc(Nc2ccc(OC(C)C)cc2)n1. The molecule has 3 rings (SSSR count). The molecular formula is C20H23N5O2. The molecule has 0 bridgehead atoms. The zero-order valence-corrected chi connectivity index (χ0v) is 15.6. The fraction of sp³-hybridized carbons (Fsp3) is 0.250. The van der Waals surface area contributed by atoms with Crippen molar-refractivity contribution in [1.29, 1.82) is 0 Å². The Labute approximate surface area is 158 Å². The predicted octanol–water partition coefficient (Wildman–Crippen LogP) is 4.02. The molecule has 1 heterocycles. The maximum atomic E-state index is 5.64. The third-order valence-electron chi connectivity index (χ3n) is 3.69. The molecule has 2 N–H and O–H groups in total. The van der Waals surface area contributed by atoms with Crippen LogP contribution in [0.4, 0.5) is 17.5 Å². The quantitative estimate of drug-likeness (QED) is 0.624. The van der Waals surface area contributed by atoms with Crippen LogP contribution in [-0.4, -0.2) is 28.4 Å². The summed E-state index contributed by atoms with van der Waals surface area (Å²) in [6.45, 7) is 4.56. The lowest BCUT2D eigenvalue weighted by Gasteiger charge is -2.11. The molecule has 0 radical (unpaired) electrons. The van der Waals surface area contributed by atoms with E-state index in [9.17, 15) is 0 Å². The minimum Gasteiger partial charge on any atom is -0.496 e. The largest absolute Gasteiger partial charge is 0.496 e. The molecule has 3 aromatic rings. The summed E-state index contributed by atoms with van der Waals surface area (Å²) in [5.74, 6) is 2.69. The van der Waals surface area contributed by atoms with E-state index >= 15 is 0 Å². The molecule has 0 aliphatic heterocycles. The third-order valence-corrected chi connectivity index (χ3v) is 3.69. The van der Waals surface area contributed by atoms with Crippen LogP contribution in [0.25, 0.3) is 0 Å². The van der Waals surface area contributed by atoms with E-state index in [0.717, 1.165) is 22.7 Å². The smallest absolute Gasteiger partial charge is 0.249 e. The summed E-state index contributed by atoms with van der Waals surface area (Å²) in [6.07, 6.45) is 1.72. The van der Waals surface area contributed by atoms with Crippen LogP contribution in [0.1, 0.15) is 19.4 Å². The average Bonchev–Trinajstić information content (AvgIpc) is 2.68. The van der Waals surface area contributed by atoms with Gasteiger partial charge in [-0.15, -0.1) is 5.10 Å². The lowest BCUT2D eigenvalue weighted by molar-refractivity contribution is 0.242. The fourth-order valence-electron chi connectivity index (χ4n) is 2.49. The van der Waals surface area contributed by atoms with Gasteiger partial charge in [-0.1, -0.05) is 18.2 Å². The molecule has 0 atom stereocenters. The van der Waals surface area contributed by atoms with Crippen LogP contribution in [0.2, 0.25) is 0 Å². The van der Waals surface area contributed by atoms with E-state index in [2.05, 4.69) is 25.8 Å². The Balaban J connectivity index is 1.63.